The van der Waals surface area contributed by atoms with Crippen molar-refractivity contribution in [3.05, 3.63) is 35.9 Å². The Morgan fingerprint density at radius 3 is 2.69 bits per heavy atom. The molecule has 1 aromatic rings. The Morgan fingerprint density at radius 1 is 1.31 bits per heavy atom. The highest BCUT2D eigenvalue weighted by atomic mass is 79.9. The van der Waals surface area contributed by atoms with Crippen molar-refractivity contribution < 1.29 is 19.5 Å². The fourth-order valence-corrected chi connectivity index (χ4v) is 8.74. The lowest BCUT2D eigenvalue weighted by Gasteiger charge is -2.35. The number of carbonyl (C=O) groups is 3. The molecule has 156 valence electrons. The lowest BCUT2D eigenvalue weighted by molar-refractivity contribution is -0.140. The molecule has 3 aliphatic rings. The second kappa shape index (κ2) is 7.92. The summed E-state index contributed by atoms with van der Waals surface area (Å²) in [5, 5.41) is 15.1. The van der Waals surface area contributed by atoms with Crippen LogP contribution in [0.3, 0.4) is 0 Å². The summed E-state index contributed by atoms with van der Waals surface area (Å²) < 4.78 is -0.664. The Morgan fingerprint density at radius 2 is 2.03 bits per heavy atom. The molecule has 0 aliphatic carbocycles. The van der Waals surface area contributed by atoms with Gasteiger partial charge in [-0.15, -0.1) is 11.8 Å². The predicted octanol–water partition coefficient (Wildman–Crippen LogP) is 0.506. The summed E-state index contributed by atoms with van der Waals surface area (Å²) in [6.07, 6.45) is 0.636. The third kappa shape index (κ3) is 3.18. The van der Waals surface area contributed by atoms with Crippen LogP contribution in [0.2, 0.25) is 0 Å². The molecule has 4 rings (SSSR count). The zero-order chi connectivity index (χ0) is 20.8. The van der Waals surface area contributed by atoms with Gasteiger partial charge in [0.25, 0.3) is 0 Å². The van der Waals surface area contributed by atoms with Gasteiger partial charge in [0.1, 0.15) is 6.04 Å². The number of carbonyl (C=O) groups excluding carboxylic acids is 3. The summed E-state index contributed by atoms with van der Waals surface area (Å²) in [4.78, 5) is 40.8. The van der Waals surface area contributed by atoms with Crippen molar-refractivity contribution in [3.8, 4) is 0 Å². The molecule has 3 fully saturated rings. The first-order valence-corrected chi connectivity index (χ1v) is 11.5. The van der Waals surface area contributed by atoms with Crippen molar-refractivity contribution in [3.63, 3.8) is 0 Å². The van der Waals surface area contributed by atoms with Gasteiger partial charge < -0.3 is 20.6 Å². The van der Waals surface area contributed by atoms with Gasteiger partial charge in [-0.3, -0.25) is 14.4 Å². The summed E-state index contributed by atoms with van der Waals surface area (Å²) in [6, 6.07) is 8.88. The van der Waals surface area contributed by atoms with Gasteiger partial charge in [0.15, 0.2) is 0 Å². The second-order valence-electron chi connectivity index (χ2n) is 7.74. The second-order valence-corrected chi connectivity index (χ2v) is 10.5. The number of halogens is 1. The monoisotopic (exact) mass is 481 g/mol. The number of hydrogen-bond donors (Lipinski definition) is 3. The number of benzene rings is 1. The molecule has 3 unspecified atom stereocenters. The lowest BCUT2D eigenvalue weighted by Crippen LogP contribution is -2.54. The number of rotatable bonds is 6. The number of hydrogen-bond acceptors (Lipinski definition) is 5. The Balaban J connectivity index is 1.65. The highest BCUT2D eigenvalue weighted by molar-refractivity contribution is 9.09. The molecule has 3 amide bonds. The molecule has 0 saturated carbocycles. The Labute approximate surface area is 182 Å². The molecule has 3 N–H and O–H groups in total. The molecular formula is C20H24BrN3O4S. The van der Waals surface area contributed by atoms with E-state index in [1.165, 1.54) is 4.90 Å². The Kier molecular flexibility index (Phi) is 5.65. The highest BCUT2D eigenvalue weighted by Gasteiger charge is 2.75. The van der Waals surface area contributed by atoms with Crippen LogP contribution in [0.4, 0.5) is 0 Å². The first-order valence-electron chi connectivity index (χ1n) is 9.71. The number of amides is 3. The molecule has 29 heavy (non-hydrogen) atoms. The summed E-state index contributed by atoms with van der Waals surface area (Å²) in [5.41, 5.74) is 0.970. The van der Waals surface area contributed by atoms with E-state index in [1.807, 2.05) is 30.3 Å². The smallest absolute Gasteiger partial charge is 0.244 e. The van der Waals surface area contributed by atoms with Crippen molar-refractivity contribution in [2.24, 2.45) is 11.8 Å². The van der Waals surface area contributed by atoms with Crippen LogP contribution in [0.15, 0.2) is 30.3 Å². The molecule has 3 saturated heterocycles. The minimum absolute atomic E-state index is 0.0513. The average Bonchev–Trinajstić information content (AvgIpc) is 3.31. The fourth-order valence-electron chi connectivity index (χ4n) is 5.13. The topological polar surface area (TPSA) is 98.7 Å². The Bertz CT molecular complexity index is 825. The van der Waals surface area contributed by atoms with Gasteiger partial charge in [-0.05, 0) is 12.0 Å². The van der Waals surface area contributed by atoms with Crippen molar-refractivity contribution in [1.82, 2.24) is 15.5 Å². The fraction of sp³-hybridized carbons (Fsp3) is 0.550. The SMILES string of the molecule is CNC(=O)[C@H]1[C@H]2C(=O)N(CCO)C(C(=O)NCc3ccccc3)C23CC(Br)[C@@H]1S3. The van der Waals surface area contributed by atoms with E-state index in [9.17, 15) is 19.5 Å². The van der Waals surface area contributed by atoms with Gasteiger partial charge in [-0.25, -0.2) is 0 Å². The van der Waals surface area contributed by atoms with E-state index in [0.29, 0.717) is 13.0 Å². The number of thioether (sulfide) groups is 1. The number of likely N-dealkylation sites (tertiary alicyclic amines) is 1. The van der Waals surface area contributed by atoms with Gasteiger partial charge in [0.05, 0.1) is 23.2 Å². The number of nitrogens with zero attached hydrogens (tertiary/aromatic N) is 1. The molecule has 3 heterocycles. The zero-order valence-corrected chi connectivity index (χ0v) is 18.4. The van der Waals surface area contributed by atoms with Crippen LogP contribution < -0.4 is 10.6 Å². The minimum atomic E-state index is -0.708. The number of nitrogens with one attached hydrogen (secondary N) is 2. The zero-order valence-electron chi connectivity index (χ0n) is 16.0. The lowest BCUT2D eigenvalue weighted by atomic mass is 9.70. The van der Waals surface area contributed by atoms with Gasteiger partial charge >= 0.3 is 0 Å². The maximum Gasteiger partial charge on any atom is 0.244 e. The molecule has 0 aromatic heterocycles. The van der Waals surface area contributed by atoms with Gasteiger partial charge in [-0.1, -0.05) is 46.3 Å². The molecule has 9 heteroatoms. The van der Waals surface area contributed by atoms with Crippen molar-refractivity contribution in [2.45, 2.75) is 33.8 Å². The van der Waals surface area contributed by atoms with E-state index in [-0.39, 0.29) is 41.0 Å². The summed E-state index contributed by atoms with van der Waals surface area (Å²) in [6.45, 7) is 0.218. The first kappa shape index (κ1) is 20.7. The third-order valence-corrected chi connectivity index (χ3v) is 9.46. The van der Waals surface area contributed by atoms with E-state index in [1.54, 1.807) is 18.8 Å². The molecule has 1 spiro atoms. The number of aliphatic hydroxyl groups is 1. The average molecular weight is 482 g/mol. The van der Waals surface area contributed by atoms with Crippen molar-refractivity contribution in [2.75, 3.05) is 20.2 Å². The molecule has 7 nitrogen and oxygen atoms in total. The quantitative estimate of drug-likeness (QED) is 0.514. The summed E-state index contributed by atoms with van der Waals surface area (Å²) in [5.74, 6) is -1.64. The van der Waals surface area contributed by atoms with Crippen LogP contribution >= 0.6 is 27.7 Å². The number of β-amino-alcohol motifs (C(OH)–C–C–N with tert-alkyl or cyclic N) is 1. The van der Waals surface area contributed by atoms with Crippen LogP contribution in [0.25, 0.3) is 0 Å². The van der Waals surface area contributed by atoms with Crippen LogP contribution in [-0.4, -0.2) is 68.8 Å². The summed E-state index contributed by atoms with van der Waals surface area (Å²) in [7, 11) is 1.57. The van der Waals surface area contributed by atoms with E-state index >= 15 is 0 Å². The molecule has 3 aliphatic heterocycles. The highest BCUT2D eigenvalue weighted by Crippen LogP contribution is 2.67. The standard InChI is InChI=1S/C20H24BrN3O4S/c1-22-17(26)13-14-19(28)24(7-8-25)16(20(14)9-12(21)15(13)29-20)18(27)23-10-11-5-3-2-4-6-11/h2-6,12-16,25H,7-10H2,1H3,(H,22,26)(H,23,27)/t12?,13-,14-,15-,16?,20?/m0/s1. The normalized spacial score (nSPS) is 34.9. The Hall–Kier alpha value is -1.58. The van der Waals surface area contributed by atoms with Gasteiger partial charge in [-0.2, -0.15) is 0 Å². The largest absolute Gasteiger partial charge is 0.395 e. The minimum Gasteiger partial charge on any atom is -0.395 e. The van der Waals surface area contributed by atoms with Crippen LogP contribution in [0.1, 0.15) is 12.0 Å². The van der Waals surface area contributed by atoms with Crippen molar-refractivity contribution in [1.29, 1.82) is 0 Å². The first-order chi connectivity index (χ1) is 13.9. The maximum absolute atomic E-state index is 13.3. The number of aliphatic hydroxyl groups excluding tert-OH is 1. The van der Waals surface area contributed by atoms with Gasteiger partial charge in [0, 0.05) is 30.2 Å². The molecule has 2 bridgehead atoms. The number of alkyl halides is 1. The van der Waals surface area contributed by atoms with Crippen LogP contribution in [-0.2, 0) is 20.9 Å². The predicted molar refractivity (Wildman–Crippen MR) is 113 cm³/mol. The summed E-state index contributed by atoms with van der Waals surface area (Å²) >= 11 is 5.27. The van der Waals surface area contributed by atoms with E-state index < -0.39 is 22.6 Å². The molecule has 6 atom stereocenters. The molecular weight excluding hydrogens is 458 g/mol. The molecule has 0 radical (unpaired) electrons. The van der Waals surface area contributed by atoms with Crippen LogP contribution in [0, 0.1) is 11.8 Å². The van der Waals surface area contributed by atoms with E-state index in [4.69, 9.17) is 0 Å². The third-order valence-electron chi connectivity index (χ3n) is 6.24. The van der Waals surface area contributed by atoms with Crippen molar-refractivity contribution >= 4 is 45.4 Å². The van der Waals surface area contributed by atoms with E-state index in [0.717, 1.165) is 5.56 Å². The van der Waals surface area contributed by atoms with Gasteiger partial charge in [0.2, 0.25) is 17.7 Å². The molecule has 1 aromatic carbocycles. The van der Waals surface area contributed by atoms with Crippen LogP contribution in [0.5, 0.6) is 0 Å². The number of fused-ring (bicyclic) bond motifs is 1. The van der Waals surface area contributed by atoms with E-state index in [2.05, 4.69) is 26.6 Å². The maximum atomic E-state index is 13.3.